The van der Waals surface area contributed by atoms with Gasteiger partial charge >= 0.3 is 0 Å². The molecule has 1 aromatic heterocycles. The fourth-order valence-electron chi connectivity index (χ4n) is 3.48. The predicted octanol–water partition coefficient (Wildman–Crippen LogP) is 7.52. The maximum atomic E-state index is 9.51. The van der Waals surface area contributed by atoms with Gasteiger partial charge in [-0.3, -0.25) is 0 Å². The molecule has 30 heavy (non-hydrogen) atoms. The van der Waals surface area contributed by atoms with Crippen LogP contribution in [0.2, 0.25) is 0 Å². The Bertz CT molecular complexity index is 1200. The summed E-state index contributed by atoms with van der Waals surface area (Å²) in [7, 11) is 0. The van der Waals surface area contributed by atoms with Crippen molar-refractivity contribution in [3.63, 3.8) is 0 Å². The summed E-state index contributed by atoms with van der Waals surface area (Å²) in [6, 6.07) is 36.5. The van der Waals surface area contributed by atoms with Crippen LogP contribution in [-0.4, -0.2) is 10.1 Å². The Hall–Kier alpha value is -3.69. The second-order valence-electron chi connectivity index (χ2n) is 7.05. The number of phenols is 1. The van der Waals surface area contributed by atoms with Crippen LogP contribution in [0.4, 0.5) is 0 Å². The van der Waals surface area contributed by atoms with Gasteiger partial charge in [0.05, 0.1) is 10.6 Å². The van der Waals surface area contributed by atoms with Crippen molar-refractivity contribution in [1.82, 2.24) is 4.98 Å². The molecule has 5 rings (SSSR count). The van der Waals surface area contributed by atoms with E-state index >= 15 is 0 Å². The molecule has 0 fully saturated rings. The van der Waals surface area contributed by atoms with Gasteiger partial charge in [-0.1, -0.05) is 97.1 Å². The van der Waals surface area contributed by atoms with Gasteiger partial charge in [-0.2, -0.15) is 0 Å². The highest BCUT2D eigenvalue weighted by Gasteiger charge is 2.16. The Labute approximate surface area is 179 Å². The summed E-state index contributed by atoms with van der Waals surface area (Å²) in [5.74, 6) is 0.278. The van der Waals surface area contributed by atoms with E-state index in [2.05, 4.69) is 72.8 Å². The molecule has 5 aromatic rings. The SMILES string of the molecule is Oc1ccc(-c2ccc(-c3nc(-c4ccccc4)c(-c4ccccc4)s3)cc2)cc1. The molecule has 0 bridgehead atoms. The molecule has 0 amide bonds. The van der Waals surface area contributed by atoms with E-state index in [1.54, 1.807) is 23.5 Å². The third-order valence-electron chi connectivity index (χ3n) is 5.04. The van der Waals surface area contributed by atoms with Gasteiger partial charge in [-0.05, 0) is 28.8 Å². The van der Waals surface area contributed by atoms with E-state index in [1.165, 1.54) is 10.4 Å². The maximum Gasteiger partial charge on any atom is 0.124 e. The summed E-state index contributed by atoms with van der Waals surface area (Å²) in [5.41, 5.74) is 6.61. The van der Waals surface area contributed by atoms with Gasteiger partial charge in [0, 0.05) is 11.1 Å². The minimum absolute atomic E-state index is 0.278. The lowest BCUT2D eigenvalue weighted by Gasteiger charge is -2.03. The normalized spacial score (nSPS) is 10.8. The summed E-state index contributed by atoms with van der Waals surface area (Å²) in [4.78, 5) is 6.21. The lowest BCUT2D eigenvalue weighted by Crippen LogP contribution is -1.82. The van der Waals surface area contributed by atoms with E-state index in [9.17, 15) is 5.11 Å². The molecule has 144 valence electrons. The molecule has 0 saturated heterocycles. The molecule has 0 aliphatic rings. The van der Waals surface area contributed by atoms with Gasteiger partial charge in [-0.25, -0.2) is 4.98 Å². The number of aromatic hydroxyl groups is 1. The first kappa shape index (κ1) is 18.3. The second-order valence-corrected chi connectivity index (χ2v) is 8.05. The van der Waals surface area contributed by atoms with Gasteiger partial charge in [0.1, 0.15) is 10.8 Å². The van der Waals surface area contributed by atoms with Crippen molar-refractivity contribution in [3.05, 3.63) is 109 Å². The number of phenolic OH excluding ortho intramolecular Hbond substituents is 1. The van der Waals surface area contributed by atoms with Gasteiger partial charge < -0.3 is 5.11 Å². The van der Waals surface area contributed by atoms with Gasteiger partial charge in [0.15, 0.2) is 0 Å². The van der Waals surface area contributed by atoms with Crippen molar-refractivity contribution in [3.8, 4) is 49.1 Å². The van der Waals surface area contributed by atoms with Crippen molar-refractivity contribution in [1.29, 1.82) is 0 Å². The monoisotopic (exact) mass is 405 g/mol. The molecule has 0 atom stereocenters. The second kappa shape index (κ2) is 7.97. The van der Waals surface area contributed by atoms with Crippen molar-refractivity contribution >= 4 is 11.3 Å². The van der Waals surface area contributed by atoms with Crippen LogP contribution in [0.5, 0.6) is 5.75 Å². The van der Waals surface area contributed by atoms with E-state index in [0.717, 1.165) is 33.0 Å². The first-order chi connectivity index (χ1) is 14.8. The summed E-state index contributed by atoms with van der Waals surface area (Å²) < 4.78 is 0. The molecule has 3 heteroatoms. The van der Waals surface area contributed by atoms with Crippen LogP contribution >= 0.6 is 11.3 Å². The Morgan fingerprint density at radius 3 is 1.60 bits per heavy atom. The van der Waals surface area contributed by atoms with Crippen molar-refractivity contribution in [2.75, 3.05) is 0 Å². The number of rotatable bonds is 4. The first-order valence-corrected chi connectivity index (χ1v) is 10.6. The smallest absolute Gasteiger partial charge is 0.124 e. The molecule has 4 aromatic carbocycles. The van der Waals surface area contributed by atoms with E-state index in [-0.39, 0.29) is 5.75 Å². The van der Waals surface area contributed by atoms with Crippen molar-refractivity contribution in [2.24, 2.45) is 0 Å². The van der Waals surface area contributed by atoms with Gasteiger partial charge in [0.25, 0.3) is 0 Å². The van der Waals surface area contributed by atoms with Crippen LogP contribution < -0.4 is 0 Å². The summed E-state index contributed by atoms with van der Waals surface area (Å²) in [6.45, 7) is 0. The average Bonchev–Trinajstić information content (AvgIpc) is 3.27. The molecular formula is C27H19NOS. The predicted molar refractivity (Wildman–Crippen MR) is 126 cm³/mol. The van der Waals surface area contributed by atoms with E-state index in [1.807, 2.05) is 24.3 Å². The van der Waals surface area contributed by atoms with E-state index in [4.69, 9.17) is 4.98 Å². The van der Waals surface area contributed by atoms with Crippen LogP contribution in [-0.2, 0) is 0 Å². The minimum atomic E-state index is 0.278. The number of benzene rings is 4. The van der Waals surface area contributed by atoms with Crippen LogP contribution in [0.1, 0.15) is 0 Å². The van der Waals surface area contributed by atoms with Crippen molar-refractivity contribution < 1.29 is 5.11 Å². The Kier molecular flexibility index (Phi) is 4.88. The zero-order valence-electron chi connectivity index (χ0n) is 16.2. The first-order valence-electron chi connectivity index (χ1n) is 9.79. The third kappa shape index (κ3) is 3.63. The van der Waals surface area contributed by atoms with Crippen LogP contribution in [0.15, 0.2) is 109 Å². The highest BCUT2D eigenvalue weighted by Crippen LogP contribution is 2.40. The number of aromatic nitrogens is 1. The summed E-state index contributed by atoms with van der Waals surface area (Å²) in [6.07, 6.45) is 0. The topological polar surface area (TPSA) is 33.1 Å². The third-order valence-corrected chi connectivity index (χ3v) is 6.20. The molecule has 0 aliphatic carbocycles. The molecule has 0 unspecified atom stereocenters. The number of hydrogen-bond donors (Lipinski definition) is 1. The molecule has 1 N–H and O–H groups in total. The Morgan fingerprint density at radius 2 is 1.00 bits per heavy atom. The Balaban J connectivity index is 1.56. The largest absolute Gasteiger partial charge is 0.508 e. The molecule has 2 nitrogen and oxygen atoms in total. The highest BCUT2D eigenvalue weighted by atomic mass is 32.1. The lowest BCUT2D eigenvalue weighted by atomic mass is 10.0. The zero-order valence-corrected chi connectivity index (χ0v) is 17.0. The standard InChI is InChI=1S/C27H19NOS/c29-24-17-15-20(16-18-24)19-11-13-23(14-12-19)27-28-25(21-7-3-1-4-8-21)26(30-27)22-9-5-2-6-10-22/h1-18,29H. The zero-order chi connectivity index (χ0) is 20.3. The molecule has 0 radical (unpaired) electrons. The highest BCUT2D eigenvalue weighted by molar-refractivity contribution is 7.19. The maximum absolute atomic E-state index is 9.51. The van der Waals surface area contributed by atoms with Crippen LogP contribution in [0.3, 0.4) is 0 Å². The summed E-state index contributed by atoms with van der Waals surface area (Å²) >= 11 is 1.72. The number of thiazole rings is 1. The Morgan fingerprint density at radius 1 is 0.500 bits per heavy atom. The number of hydrogen-bond acceptors (Lipinski definition) is 3. The van der Waals surface area contributed by atoms with E-state index in [0.29, 0.717) is 0 Å². The molecular weight excluding hydrogens is 386 g/mol. The molecule has 0 saturated carbocycles. The van der Waals surface area contributed by atoms with Crippen LogP contribution in [0.25, 0.3) is 43.4 Å². The average molecular weight is 406 g/mol. The lowest BCUT2D eigenvalue weighted by molar-refractivity contribution is 0.475. The molecule has 0 aliphatic heterocycles. The molecule has 0 spiro atoms. The number of nitrogens with zero attached hydrogens (tertiary/aromatic N) is 1. The summed E-state index contributed by atoms with van der Waals surface area (Å²) in [5, 5.41) is 10.5. The quantitative estimate of drug-likeness (QED) is 0.335. The van der Waals surface area contributed by atoms with E-state index < -0.39 is 0 Å². The molecule has 1 heterocycles. The minimum Gasteiger partial charge on any atom is -0.508 e. The van der Waals surface area contributed by atoms with Gasteiger partial charge in [-0.15, -0.1) is 11.3 Å². The fourth-order valence-corrected chi connectivity index (χ4v) is 4.58. The van der Waals surface area contributed by atoms with Gasteiger partial charge in [0.2, 0.25) is 0 Å². The fraction of sp³-hybridized carbons (Fsp3) is 0. The van der Waals surface area contributed by atoms with Crippen molar-refractivity contribution in [2.45, 2.75) is 0 Å². The van der Waals surface area contributed by atoms with Crippen LogP contribution in [0, 0.1) is 0 Å².